The second kappa shape index (κ2) is 20.8. The van der Waals surface area contributed by atoms with Gasteiger partial charge in [-0.1, -0.05) is 279 Å². The smallest absolute Gasteiger partial charge is 0.0725 e. The van der Waals surface area contributed by atoms with Gasteiger partial charge in [-0.3, -0.25) is 0 Å². The van der Waals surface area contributed by atoms with Crippen LogP contribution in [0, 0.1) is 0 Å². The van der Waals surface area contributed by atoms with Crippen LogP contribution >= 0.6 is 0 Å². The first-order chi connectivity index (χ1) is 47.1. The fraction of sp³-hybridized carbons (Fsp3) is 0.0108. The molecule has 0 unspecified atom stereocenters. The zero-order valence-electron chi connectivity index (χ0n) is 51.9. The van der Waals surface area contributed by atoms with Crippen LogP contribution in [-0.4, -0.2) is 9.13 Å². The normalized spacial score (nSPS) is 13.1. The minimum absolute atomic E-state index is 0.514. The zero-order chi connectivity index (χ0) is 62.3. The molecule has 2 heteroatoms. The molecular weight excluding hydrogens is 1150 g/mol. The molecule has 2 heterocycles. The van der Waals surface area contributed by atoms with Crippen LogP contribution in [0.2, 0.25) is 0 Å². The maximum absolute atomic E-state index is 2.48. The Morgan fingerprint density at radius 1 is 0.211 bits per heavy atom. The molecule has 1 spiro atoms. The molecule has 0 saturated heterocycles. The Morgan fingerprint density at radius 2 is 0.579 bits per heavy atom. The van der Waals surface area contributed by atoms with Crippen molar-refractivity contribution in [2.45, 2.75) is 5.41 Å². The molecule has 0 aliphatic heterocycles. The standard InChI is InChI=1S/C93H58N2/c1-3-19-65-55-69(45-39-61(65)17-1)94-89-31-15-11-27-81(89)83-57-67(43-51-91(83)94)73-49-41-63(71-21-5-7-23-75(71)73)37-33-59-35-47-79-80-48-36-60(54-88(80)93(87(79)53-59)85-29-13-9-25-77(85)78-26-10-14-30-86(78)93)34-38-64-42-50-74(76-24-8-6-22-72(64)76)68-44-52-92-84(58-68)82-28-12-16-32-90(82)95(92)70-46-40-62-18-2-4-20-66(62)56-70/h1-58H/b37-33+,38-34+. The summed E-state index contributed by atoms with van der Waals surface area (Å²) in [5, 5.41) is 14.9. The quantitative estimate of drug-likeness (QED) is 0.134. The van der Waals surface area contributed by atoms with E-state index in [1.807, 2.05) is 0 Å². The van der Waals surface area contributed by atoms with Crippen LogP contribution in [0.15, 0.2) is 328 Å². The van der Waals surface area contributed by atoms with Gasteiger partial charge >= 0.3 is 0 Å². The molecule has 0 radical (unpaired) electrons. The minimum atomic E-state index is -0.514. The maximum atomic E-state index is 2.48. The van der Waals surface area contributed by atoms with Crippen molar-refractivity contribution in [1.82, 2.24) is 9.13 Å². The van der Waals surface area contributed by atoms with Crippen LogP contribution in [0.5, 0.6) is 0 Å². The topological polar surface area (TPSA) is 9.86 Å². The monoisotopic (exact) mass is 1200 g/mol. The number of hydrogen-bond donors (Lipinski definition) is 0. The van der Waals surface area contributed by atoms with Gasteiger partial charge in [0, 0.05) is 32.9 Å². The van der Waals surface area contributed by atoms with Gasteiger partial charge in [0.25, 0.3) is 0 Å². The highest BCUT2D eigenvalue weighted by Crippen LogP contribution is 2.63. The molecule has 2 aromatic heterocycles. The summed E-state index contributed by atoms with van der Waals surface area (Å²) in [6.07, 6.45) is 9.30. The maximum Gasteiger partial charge on any atom is 0.0725 e. The summed E-state index contributed by atoms with van der Waals surface area (Å²) in [7, 11) is 0. The SMILES string of the molecule is C(=C\c1ccc(-c2ccc3c(c2)c2ccccc2n3-c2ccc3ccccc3c2)c2ccccc12)/c1ccc2c(c1)C1(c3ccccc3-c3ccccc31)c1cc(/C=C/c3ccc(-c4ccc5c(c4)c4ccccc4n5-c4ccc5ccccc5c4)c4ccccc34)ccc1-2. The lowest BCUT2D eigenvalue weighted by atomic mass is 9.70. The number of hydrogen-bond acceptors (Lipinski definition) is 0. The Morgan fingerprint density at radius 3 is 1.05 bits per heavy atom. The molecule has 0 atom stereocenters. The van der Waals surface area contributed by atoms with Gasteiger partial charge in [-0.15, -0.1) is 0 Å². The van der Waals surface area contributed by atoms with Crippen LogP contribution in [-0.2, 0) is 5.41 Å². The Bertz CT molecular complexity index is 5970. The van der Waals surface area contributed by atoms with Gasteiger partial charge in [-0.25, -0.2) is 0 Å². The molecule has 0 fully saturated rings. The number of nitrogens with zero attached hydrogens (tertiary/aromatic N) is 2. The van der Waals surface area contributed by atoms with Crippen molar-refractivity contribution < 1.29 is 0 Å². The van der Waals surface area contributed by atoms with Gasteiger partial charge in [0.1, 0.15) is 0 Å². The predicted molar refractivity (Wildman–Crippen MR) is 403 cm³/mol. The molecule has 2 aliphatic carbocycles. The summed E-state index contributed by atoms with van der Waals surface area (Å²) >= 11 is 0. The Hall–Kier alpha value is -12.4. The van der Waals surface area contributed by atoms with Crippen molar-refractivity contribution in [1.29, 1.82) is 0 Å². The van der Waals surface area contributed by atoms with E-state index in [9.17, 15) is 0 Å². The van der Waals surface area contributed by atoms with Crippen LogP contribution in [0.3, 0.4) is 0 Å². The van der Waals surface area contributed by atoms with E-state index < -0.39 is 5.41 Å². The van der Waals surface area contributed by atoms with Crippen molar-refractivity contribution in [3.05, 3.63) is 372 Å². The van der Waals surface area contributed by atoms with Crippen molar-refractivity contribution in [3.8, 4) is 55.9 Å². The largest absolute Gasteiger partial charge is 0.309 e. The first-order valence-electron chi connectivity index (χ1n) is 33.0. The predicted octanol–water partition coefficient (Wildman–Crippen LogP) is 24.5. The lowest BCUT2D eigenvalue weighted by molar-refractivity contribution is 0.793. The van der Waals surface area contributed by atoms with Gasteiger partial charge < -0.3 is 9.13 Å². The number of rotatable bonds is 8. The van der Waals surface area contributed by atoms with Crippen LogP contribution in [0.25, 0.3) is 167 Å². The van der Waals surface area contributed by atoms with Crippen molar-refractivity contribution >= 4 is 111 Å². The summed E-state index contributed by atoms with van der Waals surface area (Å²) in [6, 6.07) is 122. The Balaban J connectivity index is 0.651. The van der Waals surface area contributed by atoms with E-state index in [0.29, 0.717) is 0 Å². The lowest BCUT2D eigenvalue weighted by Crippen LogP contribution is -2.26. The third-order valence-electron chi connectivity index (χ3n) is 20.9. The van der Waals surface area contributed by atoms with E-state index in [1.165, 1.54) is 187 Å². The molecule has 2 aliphatic rings. The lowest BCUT2D eigenvalue weighted by Gasteiger charge is -2.30. The summed E-state index contributed by atoms with van der Waals surface area (Å²) in [6.45, 7) is 0. The summed E-state index contributed by atoms with van der Waals surface area (Å²) in [5.74, 6) is 0. The average Bonchev–Trinajstić information content (AvgIpc) is 1.51. The van der Waals surface area contributed by atoms with Gasteiger partial charge in [-0.2, -0.15) is 0 Å². The number of benzene rings is 16. The van der Waals surface area contributed by atoms with E-state index in [2.05, 4.69) is 361 Å². The molecule has 0 saturated carbocycles. The van der Waals surface area contributed by atoms with E-state index in [1.54, 1.807) is 0 Å². The third kappa shape index (κ3) is 8.05. The molecule has 440 valence electrons. The molecule has 20 rings (SSSR count). The van der Waals surface area contributed by atoms with Crippen LogP contribution in [0.1, 0.15) is 44.5 Å². The summed E-state index contributed by atoms with van der Waals surface area (Å²) in [4.78, 5) is 0. The molecule has 0 bridgehead atoms. The first-order valence-corrected chi connectivity index (χ1v) is 33.0. The molecule has 95 heavy (non-hydrogen) atoms. The Kier molecular flexibility index (Phi) is 11.7. The van der Waals surface area contributed by atoms with E-state index >= 15 is 0 Å². The highest BCUT2D eigenvalue weighted by atomic mass is 15.0. The van der Waals surface area contributed by atoms with Crippen LogP contribution < -0.4 is 0 Å². The van der Waals surface area contributed by atoms with Gasteiger partial charge in [0.05, 0.1) is 27.5 Å². The number of fused-ring (bicyclic) bond motifs is 20. The van der Waals surface area contributed by atoms with E-state index in [0.717, 1.165) is 0 Å². The minimum Gasteiger partial charge on any atom is -0.309 e. The fourth-order valence-electron chi connectivity index (χ4n) is 16.7. The average molecular weight is 1200 g/mol. The fourth-order valence-corrected chi connectivity index (χ4v) is 16.7. The van der Waals surface area contributed by atoms with Gasteiger partial charge in [-0.05, 0) is 205 Å². The highest BCUT2D eigenvalue weighted by Gasteiger charge is 2.51. The third-order valence-corrected chi connectivity index (χ3v) is 20.9. The second-order valence-electron chi connectivity index (χ2n) is 25.8. The first kappa shape index (κ1) is 53.3. The molecular formula is C93H58N2. The van der Waals surface area contributed by atoms with E-state index in [4.69, 9.17) is 0 Å². The second-order valence-corrected chi connectivity index (χ2v) is 25.8. The number of para-hydroxylation sites is 2. The summed E-state index contributed by atoms with van der Waals surface area (Å²) in [5.41, 5.74) is 26.7. The molecule has 16 aromatic carbocycles. The highest BCUT2D eigenvalue weighted by molar-refractivity contribution is 6.14. The molecule has 0 amide bonds. The summed E-state index contributed by atoms with van der Waals surface area (Å²) < 4.78 is 4.84. The van der Waals surface area contributed by atoms with Crippen molar-refractivity contribution in [3.63, 3.8) is 0 Å². The number of aromatic nitrogens is 2. The van der Waals surface area contributed by atoms with Gasteiger partial charge in [0.15, 0.2) is 0 Å². The Labute approximate surface area is 550 Å². The van der Waals surface area contributed by atoms with Crippen LogP contribution in [0.4, 0.5) is 0 Å². The van der Waals surface area contributed by atoms with Crippen molar-refractivity contribution in [2.24, 2.45) is 0 Å². The van der Waals surface area contributed by atoms with Crippen molar-refractivity contribution in [2.75, 3.05) is 0 Å². The van der Waals surface area contributed by atoms with Gasteiger partial charge in [0.2, 0.25) is 0 Å². The molecule has 0 N–H and O–H groups in total. The molecule has 18 aromatic rings. The van der Waals surface area contributed by atoms with E-state index in [-0.39, 0.29) is 0 Å². The molecule has 2 nitrogen and oxygen atoms in total. The zero-order valence-corrected chi connectivity index (χ0v) is 51.9.